The third-order valence-corrected chi connectivity index (χ3v) is 1.84. The van der Waals surface area contributed by atoms with Gasteiger partial charge in [-0.2, -0.15) is 0 Å². The van der Waals surface area contributed by atoms with Gasteiger partial charge in [0.25, 0.3) is 0 Å². The Bertz CT molecular complexity index is 468. The zero-order valence-electron chi connectivity index (χ0n) is 7.08. The van der Waals surface area contributed by atoms with Crippen molar-refractivity contribution < 1.29 is 4.39 Å². The van der Waals surface area contributed by atoms with Crippen molar-refractivity contribution in [1.82, 2.24) is 9.97 Å². The van der Waals surface area contributed by atoms with Crippen molar-refractivity contribution in [3.8, 4) is 0 Å². The van der Waals surface area contributed by atoms with E-state index >= 15 is 0 Å². The fourth-order valence-corrected chi connectivity index (χ4v) is 1.15. The lowest BCUT2D eigenvalue weighted by Crippen LogP contribution is -1.94. The third kappa shape index (κ3) is 1.30. The standard InChI is InChI=1S/C9H8FN3/c1-5-2-8-7(3-6(5)10)12-4-9(11)13-8/h2-4H,1H3,(H2,11,13). The molecule has 0 aliphatic heterocycles. The van der Waals surface area contributed by atoms with Gasteiger partial charge in [-0.1, -0.05) is 0 Å². The van der Waals surface area contributed by atoms with E-state index in [-0.39, 0.29) is 5.82 Å². The predicted molar refractivity (Wildman–Crippen MR) is 48.6 cm³/mol. The van der Waals surface area contributed by atoms with Crippen LogP contribution >= 0.6 is 0 Å². The molecule has 2 rings (SSSR count). The molecule has 0 aliphatic rings. The van der Waals surface area contributed by atoms with Crippen LogP contribution in [0.5, 0.6) is 0 Å². The van der Waals surface area contributed by atoms with Crippen molar-refractivity contribution >= 4 is 16.9 Å². The van der Waals surface area contributed by atoms with Crippen molar-refractivity contribution in [1.29, 1.82) is 0 Å². The Morgan fingerprint density at radius 1 is 1.31 bits per heavy atom. The molecule has 0 radical (unpaired) electrons. The number of rotatable bonds is 0. The Kier molecular flexibility index (Phi) is 1.62. The van der Waals surface area contributed by atoms with Gasteiger partial charge in [-0.05, 0) is 18.6 Å². The number of hydrogen-bond donors (Lipinski definition) is 1. The minimum absolute atomic E-state index is 0.272. The molecular formula is C9H8FN3. The Morgan fingerprint density at radius 2 is 2.08 bits per heavy atom. The first-order valence-electron chi connectivity index (χ1n) is 3.85. The Labute approximate surface area is 74.4 Å². The van der Waals surface area contributed by atoms with Gasteiger partial charge in [0.2, 0.25) is 0 Å². The largest absolute Gasteiger partial charge is 0.382 e. The zero-order valence-corrected chi connectivity index (χ0v) is 7.08. The number of nitrogen functional groups attached to an aromatic ring is 1. The average molecular weight is 177 g/mol. The number of nitrogens with zero attached hydrogens (tertiary/aromatic N) is 2. The smallest absolute Gasteiger partial charge is 0.142 e. The van der Waals surface area contributed by atoms with Gasteiger partial charge in [0.15, 0.2) is 0 Å². The number of nitrogens with two attached hydrogens (primary N) is 1. The highest BCUT2D eigenvalue weighted by Gasteiger charge is 2.02. The number of benzene rings is 1. The van der Waals surface area contributed by atoms with Gasteiger partial charge < -0.3 is 5.73 Å². The molecule has 2 N–H and O–H groups in total. The van der Waals surface area contributed by atoms with Crippen molar-refractivity contribution in [2.24, 2.45) is 0 Å². The Hall–Kier alpha value is -1.71. The molecule has 66 valence electrons. The fourth-order valence-electron chi connectivity index (χ4n) is 1.15. The highest BCUT2D eigenvalue weighted by Crippen LogP contribution is 2.15. The first-order chi connectivity index (χ1) is 6.16. The summed E-state index contributed by atoms with van der Waals surface area (Å²) in [7, 11) is 0. The number of halogens is 1. The summed E-state index contributed by atoms with van der Waals surface area (Å²) in [6.45, 7) is 1.68. The van der Waals surface area contributed by atoms with Gasteiger partial charge in [-0.15, -0.1) is 0 Å². The number of fused-ring (bicyclic) bond motifs is 1. The van der Waals surface area contributed by atoms with Gasteiger partial charge in [0.05, 0.1) is 17.2 Å². The van der Waals surface area contributed by atoms with Crippen LogP contribution in [0.4, 0.5) is 10.2 Å². The molecule has 0 aliphatic carbocycles. The molecule has 3 nitrogen and oxygen atoms in total. The van der Waals surface area contributed by atoms with Crippen LogP contribution in [-0.2, 0) is 0 Å². The van der Waals surface area contributed by atoms with E-state index < -0.39 is 0 Å². The second-order valence-electron chi connectivity index (χ2n) is 2.88. The molecular weight excluding hydrogens is 169 g/mol. The van der Waals surface area contributed by atoms with Crippen LogP contribution in [0.2, 0.25) is 0 Å². The molecule has 0 spiro atoms. The Balaban J connectivity index is 2.81. The normalized spacial score (nSPS) is 10.6. The van der Waals surface area contributed by atoms with Crippen LogP contribution in [0.1, 0.15) is 5.56 Å². The van der Waals surface area contributed by atoms with Crippen molar-refractivity contribution in [2.75, 3.05) is 5.73 Å². The fraction of sp³-hybridized carbons (Fsp3) is 0.111. The lowest BCUT2D eigenvalue weighted by molar-refractivity contribution is 0.620. The molecule has 0 atom stereocenters. The van der Waals surface area contributed by atoms with Crippen LogP contribution in [0.25, 0.3) is 11.0 Å². The second-order valence-corrected chi connectivity index (χ2v) is 2.88. The molecule has 0 amide bonds. The molecule has 0 bridgehead atoms. The molecule has 1 heterocycles. The maximum atomic E-state index is 13.1. The lowest BCUT2D eigenvalue weighted by Gasteiger charge is -2.00. The number of anilines is 1. The van der Waals surface area contributed by atoms with Gasteiger partial charge in [0, 0.05) is 6.07 Å². The summed E-state index contributed by atoms with van der Waals surface area (Å²) in [6.07, 6.45) is 1.41. The summed E-state index contributed by atoms with van der Waals surface area (Å²) in [4.78, 5) is 7.98. The van der Waals surface area contributed by atoms with Gasteiger partial charge in [0.1, 0.15) is 11.6 Å². The van der Waals surface area contributed by atoms with Crippen molar-refractivity contribution in [3.63, 3.8) is 0 Å². The first-order valence-corrected chi connectivity index (χ1v) is 3.85. The summed E-state index contributed by atoms with van der Waals surface area (Å²) < 4.78 is 13.1. The second kappa shape index (κ2) is 2.65. The molecule has 1 aromatic heterocycles. The SMILES string of the molecule is Cc1cc2nc(N)cnc2cc1F. The van der Waals surface area contributed by atoms with Gasteiger partial charge in [-0.3, -0.25) is 4.98 Å². The average Bonchev–Trinajstić information content (AvgIpc) is 2.08. The first kappa shape index (κ1) is 7.91. The maximum absolute atomic E-state index is 13.1. The molecule has 0 saturated carbocycles. The van der Waals surface area contributed by atoms with E-state index in [4.69, 9.17) is 5.73 Å². The van der Waals surface area contributed by atoms with E-state index in [9.17, 15) is 4.39 Å². The number of aromatic nitrogens is 2. The van der Waals surface area contributed by atoms with E-state index in [1.54, 1.807) is 13.0 Å². The maximum Gasteiger partial charge on any atom is 0.142 e. The highest BCUT2D eigenvalue weighted by atomic mass is 19.1. The molecule has 4 heteroatoms. The minimum Gasteiger partial charge on any atom is -0.382 e. The summed E-state index contributed by atoms with van der Waals surface area (Å²) in [5, 5.41) is 0. The van der Waals surface area contributed by atoms with Crippen LogP contribution in [0, 0.1) is 12.7 Å². The minimum atomic E-state index is -0.272. The van der Waals surface area contributed by atoms with Crippen LogP contribution in [0.3, 0.4) is 0 Å². The number of aryl methyl sites for hydroxylation is 1. The van der Waals surface area contributed by atoms with Crippen LogP contribution < -0.4 is 5.73 Å². The third-order valence-electron chi connectivity index (χ3n) is 1.84. The van der Waals surface area contributed by atoms with E-state index in [0.717, 1.165) is 0 Å². The van der Waals surface area contributed by atoms with Crippen LogP contribution in [0.15, 0.2) is 18.3 Å². The summed E-state index contributed by atoms with van der Waals surface area (Å²) in [6, 6.07) is 2.99. The van der Waals surface area contributed by atoms with E-state index in [1.807, 2.05) is 0 Å². The van der Waals surface area contributed by atoms with E-state index in [1.165, 1.54) is 12.3 Å². The Morgan fingerprint density at radius 3 is 2.85 bits per heavy atom. The summed E-state index contributed by atoms with van der Waals surface area (Å²) >= 11 is 0. The predicted octanol–water partition coefficient (Wildman–Crippen LogP) is 1.66. The van der Waals surface area contributed by atoms with Gasteiger partial charge >= 0.3 is 0 Å². The molecule has 2 aromatic rings. The van der Waals surface area contributed by atoms with Crippen molar-refractivity contribution in [3.05, 3.63) is 29.7 Å². The quantitative estimate of drug-likeness (QED) is 0.665. The number of hydrogen-bond acceptors (Lipinski definition) is 3. The topological polar surface area (TPSA) is 51.8 Å². The van der Waals surface area contributed by atoms with E-state index in [2.05, 4.69) is 9.97 Å². The molecule has 0 unspecified atom stereocenters. The van der Waals surface area contributed by atoms with Crippen LogP contribution in [-0.4, -0.2) is 9.97 Å². The molecule has 13 heavy (non-hydrogen) atoms. The van der Waals surface area contributed by atoms with Gasteiger partial charge in [-0.25, -0.2) is 9.37 Å². The van der Waals surface area contributed by atoms with E-state index in [0.29, 0.717) is 22.4 Å². The zero-order chi connectivity index (χ0) is 9.42. The monoisotopic (exact) mass is 177 g/mol. The summed E-state index contributed by atoms with van der Waals surface area (Å²) in [5.74, 6) is 0.0741. The van der Waals surface area contributed by atoms with Crippen molar-refractivity contribution in [2.45, 2.75) is 6.92 Å². The molecule has 0 fully saturated rings. The molecule has 1 aromatic carbocycles. The molecule has 0 saturated heterocycles. The highest BCUT2D eigenvalue weighted by molar-refractivity contribution is 5.76. The lowest BCUT2D eigenvalue weighted by atomic mass is 10.2. The summed E-state index contributed by atoms with van der Waals surface area (Å²) in [5.41, 5.74) is 7.14.